The summed E-state index contributed by atoms with van der Waals surface area (Å²) < 4.78 is 5.36. The third kappa shape index (κ3) is 2.31. The van der Waals surface area contributed by atoms with Crippen LogP contribution in [0.2, 0.25) is 0 Å². The van der Waals surface area contributed by atoms with Gasteiger partial charge in [-0.2, -0.15) is 4.37 Å². The van der Waals surface area contributed by atoms with Crippen molar-refractivity contribution in [3.05, 3.63) is 41.6 Å². The molecule has 3 heteroatoms. The molecule has 0 atom stereocenters. The predicted octanol–water partition coefficient (Wildman–Crippen LogP) is 3.98. The minimum Gasteiger partial charge on any atom is -0.508 e. The molecule has 0 aliphatic rings. The van der Waals surface area contributed by atoms with Crippen molar-refractivity contribution >= 4 is 27.7 Å². The molecular formula is C13H13NOS. The molecule has 0 amide bonds. The molecule has 0 fully saturated rings. The summed E-state index contributed by atoms with van der Waals surface area (Å²) in [6, 6.07) is 5.33. The van der Waals surface area contributed by atoms with Gasteiger partial charge in [-0.15, -0.1) is 0 Å². The van der Waals surface area contributed by atoms with Gasteiger partial charge < -0.3 is 5.11 Å². The highest BCUT2D eigenvalue weighted by Crippen LogP contribution is 2.27. The highest BCUT2D eigenvalue weighted by Gasteiger charge is 2.03. The summed E-state index contributed by atoms with van der Waals surface area (Å²) >= 11 is 1.40. The minimum atomic E-state index is 0.288. The molecule has 0 bridgehead atoms. The summed E-state index contributed by atoms with van der Waals surface area (Å²) in [4.78, 5) is 0. The molecule has 0 spiro atoms. The average Bonchev–Trinajstić information content (AvgIpc) is 2.60. The zero-order valence-corrected chi connectivity index (χ0v) is 10.1. The average molecular weight is 231 g/mol. The molecule has 2 aromatic rings. The van der Waals surface area contributed by atoms with Gasteiger partial charge in [0, 0.05) is 5.39 Å². The van der Waals surface area contributed by atoms with E-state index < -0.39 is 0 Å². The van der Waals surface area contributed by atoms with Crippen LogP contribution in [-0.2, 0) is 0 Å². The smallest absolute Gasteiger partial charge is 0.117 e. The first-order valence-electron chi connectivity index (χ1n) is 5.07. The van der Waals surface area contributed by atoms with E-state index in [1.165, 1.54) is 17.1 Å². The minimum absolute atomic E-state index is 0.288. The SMILES string of the molecule is CC(C)=CC=Cc1nsc2cc(O)ccc12. The summed E-state index contributed by atoms with van der Waals surface area (Å²) in [7, 11) is 0. The lowest BCUT2D eigenvalue weighted by molar-refractivity contribution is 0.476. The van der Waals surface area contributed by atoms with E-state index in [1.807, 2.05) is 24.3 Å². The number of benzene rings is 1. The molecule has 0 aliphatic heterocycles. The maximum Gasteiger partial charge on any atom is 0.117 e. The van der Waals surface area contributed by atoms with Crippen molar-refractivity contribution in [2.24, 2.45) is 0 Å². The Morgan fingerprint density at radius 3 is 2.94 bits per heavy atom. The van der Waals surface area contributed by atoms with Crippen LogP contribution in [0.4, 0.5) is 0 Å². The van der Waals surface area contributed by atoms with Crippen LogP contribution in [0.5, 0.6) is 5.75 Å². The Morgan fingerprint density at radius 1 is 1.38 bits per heavy atom. The monoisotopic (exact) mass is 231 g/mol. The summed E-state index contributed by atoms with van der Waals surface area (Å²) in [5, 5.41) is 10.4. The molecule has 1 aromatic carbocycles. The molecule has 1 aromatic heterocycles. The van der Waals surface area contributed by atoms with E-state index in [0.29, 0.717) is 0 Å². The molecule has 0 unspecified atom stereocenters. The highest BCUT2D eigenvalue weighted by atomic mass is 32.1. The fourth-order valence-electron chi connectivity index (χ4n) is 1.40. The molecule has 16 heavy (non-hydrogen) atoms. The number of nitrogens with zero attached hydrogens (tertiary/aromatic N) is 1. The van der Waals surface area contributed by atoms with Crippen molar-refractivity contribution < 1.29 is 5.11 Å². The van der Waals surface area contributed by atoms with Crippen LogP contribution in [0, 0.1) is 0 Å². The van der Waals surface area contributed by atoms with E-state index in [0.717, 1.165) is 15.8 Å². The van der Waals surface area contributed by atoms with Gasteiger partial charge in [0.25, 0.3) is 0 Å². The van der Waals surface area contributed by atoms with Gasteiger partial charge in [-0.25, -0.2) is 0 Å². The molecule has 82 valence electrons. The van der Waals surface area contributed by atoms with Crippen LogP contribution in [0.3, 0.4) is 0 Å². The molecule has 2 nitrogen and oxygen atoms in total. The molecule has 0 aliphatic carbocycles. The summed E-state index contributed by atoms with van der Waals surface area (Å²) in [5.74, 6) is 0.288. The predicted molar refractivity (Wildman–Crippen MR) is 69.7 cm³/mol. The molecule has 0 saturated heterocycles. The number of aromatic hydroxyl groups is 1. The van der Waals surface area contributed by atoms with Crippen LogP contribution in [0.1, 0.15) is 19.5 Å². The van der Waals surface area contributed by atoms with Gasteiger partial charge in [-0.1, -0.05) is 17.7 Å². The van der Waals surface area contributed by atoms with Crippen molar-refractivity contribution in [1.29, 1.82) is 0 Å². The van der Waals surface area contributed by atoms with Crippen molar-refractivity contribution in [1.82, 2.24) is 4.37 Å². The number of phenolic OH excluding ortho intramolecular Hbond substituents is 1. The number of hydrogen-bond acceptors (Lipinski definition) is 3. The zero-order valence-electron chi connectivity index (χ0n) is 9.27. The lowest BCUT2D eigenvalue weighted by Crippen LogP contribution is -1.71. The van der Waals surface area contributed by atoms with E-state index in [1.54, 1.807) is 12.1 Å². The van der Waals surface area contributed by atoms with E-state index in [9.17, 15) is 5.11 Å². The number of aromatic nitrogens is 1. The second-order valence-corrected chi connectivity index (χ2v) is 4.66. The summed E-state index contributed by atoms with van der Waals surface area (Å²) in [5.41, 5.74) is 2.21. The largest absolute Gasteiger partial charge is 0.508 e. The van der Waals surface area contributed by atoms with Crippen LogP contribution in [-0.4, -0.2) is 9.48 Å². The number of rotatable bonds is 2. The first-order chi connectivity index (χ1) is 7.66. The van der Waals surface area contributed by atoms with E-state index in [4.69, 9.17) is 0 Å². The van der Waals surface area contributed by atoms with Crippen LogP contribution >= 0.6 is 11.5 Å². The molecule has 2 rings (SSSR count). The first-order valence-corrected chi connectivity index (χ1v) is 5.84. The molecular weight excluding hydrogens is 218 g/mol. The Labute approximate surface area is 98.7 Å². The van der Waals surface area contributed by atoms with E-state index in [-0.39, 0.29) is 5.75 Å². The maximum absolute atomic E-state index is 9.34. The van der Waals surface area contributed by atoms with Crippen LogP contribution in [0.15, 0.2) is 35.9 Å². The van der Waals surface area contributed by atoms with E-state index >= 15 is 0 Å². The highest BCUT2D eigenvalue weighted by molar-refractivity contribution is 7.13. The van der Waals surface area contributed by atoms with Crippen molar-refractivity contribution in [2.75, 3.05) is 0 Å². The number of hydrogen-bond donors (Lipinski definition) is 1. The van der Waals surface area contributed by atoms with Crippen LogP contribution < -0.4 is 0 Å². The van der Waals surface area contributed by atoms with Gasteiger partial charge in [-0.05, 0) is 49.7 Å². The first kappa shape index (κ1) is 10.9. The second-order valence-electron chi connectivity index (χ2n) is 3.85. The lowest BCUT2D eigenvalue weighted by atomic mass is 10.2. The fourth-order valence-corrected chi connectivity index (χ4v) is 2.20. The Kier molecular flexibility index (Phi) is 3.06. The zero-order chi connectivity index (χ0) is 11.5. The van der Waals surface area contributed by atoms with Crippen molar-refractivity contribution in [3.63, 3.8) is 0 Å². The Hall–Kier alpha value is -1.61. The molecule has 1 N–H and O–H groups in total. The van der Waals surface area contributed by atoms with Gasteiger partial charge in [0.2, 0.25) is 0 Å². The standard InChI is InChI=1S/C13H13NOS/c1-9(2)4-3-5-12-11-7-6-10(15)8-13(11)16-14-12/h3-8,15H,1-2H3. The van der Waals surface area contributed by atoms with Gasteiger partial charge in [0.15, 0.2) is 0 Å². The number of fused-ring (bicyclic) bond motifs is 1. The van der Waals surface area contributed by atoms with Crippen molar-refractivity contribution in [3.8, 4) is 5.75 Å². The molecule has 1 heterocycles. The Morgan fingerprint density at radius 2 is 2.19 bits per heavy atom. The van der Waals surface area contributed by atoms with Gasteiger partial charge in [0.1, 0.15) is 5.75 Å². The molecule has 0 saturated carbocycles. The summed E-state index contributed by atoms with van der Waals surface area (Å²) in [6.45, 7) is 4.11. The van der Waals surface area contributed by atoms with E-state index in [2.05, 4.69) is 18.2 Å². The van der Waals surface area contributed by atoms with Crippen molar-refractivity contribution in [2.45, 2.75) is 13.8 Å². The second kappa shape index (κ2) is 4.49. The Bertz CT molecular complexity index is 562. The van der Waals surface area contributed by atoms with Crippen LogP contribution in [0.25, 0.3) is 16.2 Å². The third-order valence-corrected chi connectivity index (χ3v) is 2.99. The van der Waals surface area contributed by atoms with Gasteiger partial charge in [0.05, 0.1) is 10.4 Å². The number of phenols is 1. The number of allylic oxidation sites excluding steroid dienone is 3. The molecule has 0 radical (unpaired) electrons. The fraction of sp³-hybridized carbons (Fsp3) is 0.154. The Balaban J connectivity index is 2.39. The normalized spacial score (nSPS) is 11.1. The lowest BCUT2D eigenvalue weighted by Gasteiger charge is -1.91. The van der Waals surface area contributed by atoms with Gasteiger partial charge >= 0.3 is 0 Å². The van der Waals surface area contributed by atoms with Gasteiger partial charge in [-0.3, -0.25) is 0 Å². The maximum atomic E-state index is 9.34. The quantitative estimate of drug-likeness (QED) is 0.793. The third-order valence-electron chi connectivity index (χ3n) is 2.17. The topological polar surface area (TPSA) is 33.1 Å². The summed E-state index contributed by atoms with van der Waals surface area (Å²) in [6.07, 6.45) is 6.03.